The van der Waals surface area contributed by atoms with E-state index in [1.807, 2.05) is 18.2 Å². The van der Waals surface area contributed by atoms with Crippen LogP contribution in [0.1, 0.15) is 16.7 Å². The fourth-order valence-corrected chi connectivity index (χ4v) is 2.96. The molecule has 0 heterocycles. The second-order valence-electron chi connectivity index (χ2n) is 7.02. The Bertz CT molecular complexity index is 1180. The van der Waals surface area contributed by atoms with E-state index >= 15 is 0 Å². The highest BCUT2D eigenvalue weighted by atomic mass is 35.5. The van der Waals surface area contributed by atoms with Crippen molar-refractivity contribution in [2.75, 3.05) is 11.9 Å². The molecule has 5 nitrogen and oxygen atoms in total. The lowest BCUT2D eigenvalue weighted by molar-refractivity contribution is -0.142. The molecule has 1 amide bonds. The Kier molecular flexibility index (Phi) is 8.32. The van der Waals surface area contributed by atoms with Gasteiger partial charge in [0, 0.05) is 22.3 Å². The van der Waals surface area contributed by atoms with Crippen LogP contribution < -0.4 is 10.1 Å². The Morgan fingerprint density at radius 2 is 1.71 bits per heavy atom. The number of amides is 1. The smallest absolute Gasteiger partial charge is 0.416 e. The summed E-state index contributed by atoms with van der Waals surface area (Å²) < 4.78 is 48.7. The van der Waals surface area contributed by atoms with Gasteiger partial charge >= 0.3 is 12.1 Å². The molecule has 0 atom stereocenters. The summed E-state index contributed by atoms with van der Waals surface area (Å²) in [6.07, 6.45) is -1.90. The fraction of sp³-hybridized carbons (Fsp3) is 0.120. The van der Waals surface area contributed by atoms with Crippen molar-refractivity contribution >= 4 is 35.2 Å². The molecule has 3 rings (SSSR count). The Balaban J connectivity index is 1.44. The highest BCUT2D eigenvalue weighted by Crippen LogP contribution is 2.30. The predicted octanol–water partition coefficient (Wildman–Crippen LogP) is 6.13. The van der Waals surface area contributed by atoms with Gasteiger partial charge in [0.25, 0.3) is 5.91 Å². The van der Waals surface area contributed by atoms with Crippen molar-refractivity contribution in [1.29, 1.82) is 0 Å². The van der Waals surface area contributed by atoms with Crippen molar-refractivity contribution in [3.8, 4) is 5.75 Å². The van der Waals surface area contributed by atoms with Gasteiger partial charge in [0.2, 0.25) is 0 Å². The molecule has 0 unspecified atom stereocenters. The third-order valence-electron chi connectivity index (χ3n) is 4.46. The van der Waals surface area contributed by atoms with Gasteiger partial charge in [-0.25, -0.2) is 4.79 Å². The second-order valence-corrected chi connectivity index (χ2v) is 7.42. The van der Waals surface area contributed by atoms with Crippen LogP contribution >= 0.6 is 11.6 Å². The first-order valence-electron chi connectivity index (χ1n) is 9.99. The Morgan fingerprint density at radius 3 is 2.41 bits per heavy atom. The standard InChI is InChI=1S/C25H19ClF3NO4/c26-22-7-2-1-4-18(22)15-33-21-11-8-17(9-12-21)10-13-24(32)34-16-23(31)30-20-6-3-5-19(14-20)25(27,28)29/h1-14H,15-16H2,(H,30,31). The van der Waals surface area contributed by atoms with Crippen LogP contribution in [-0.4, -0.2) is 18.5 Å². The highest BCUT2D eigenvalue weighted by molar-refractivity contribution is 6.31. The maximum Gasteiger partial charge on any atom is 0.416 e. The molecule has 34 heavy (non-hydrogen) atoms. The molecule has 0 aliphatic heterocycles. The monoisotopic (exact) mass is 489 g/mol. The molecule has 176 valence electrons. The number of hydrogen-bond acceptors (Lipinski definition) is 4. The Hall–Kier alpha value is -3.78. The lowest BCUT2D eigenvalue weighted by atomic mass is 10.2. The number of halogens is 4. The summed E-state index contributed by atoms with van der Waals surface area (Å²) >= 11 is 6.10. The molecule has 0 bridgehead atoms. The summed E-state index contributed by atoms with van der Waals surface area (Å²) in [7, 11) is 0. The van der Waals surface area contributed by atoms with E-state index in [1.54, 1.807) is 30.3 Å². The molecule has 1 N–H and O–H groups in total. The van der Waals surface area contributed by atoms with Gasteiger partial charge in [-0.2, -0.15) is 13.2 Å². The summed E-state index contributed by atoms with van der Waals surface area (Å²) in [6.45, 7) is -0.335. The summed E-state index contributed by atoms with van der Waals surface area (Å²) in [5.41, 5.74) is 0.595. The molecule has 0 saturated heterocycles. The van der Waals surface area contributed by atoms with E-state index in [0.717, 1.165) is 23.8 Å². The number of carbonyl (C=O) groups is 2. The molecule has 3 aromatic carbocycles. The summed E-state index contributed by atoms with van der Waals surface area (Å²) in [5, 5.41) is 2.87. The molecule has 0 saturated carbocycles. The molecule has 0 aliphatic carbocycles. The number of esters is 1. The van der Waals surface area contributed by atoms with E-state index in [-0.39, 0.29) is 5.69 Å². The van der Waals surface area contributed by atoms with Crippen LogP contribution in [0.15, 0.2) is 78.9 Å². The fourth-order valence-electron chi connectivity index (χ4n) is 2.77. The average molecular weight is 490 g/mol. The number of ether oxygens (including phenoxy) is 2. The first-order valence-corrected chi connectivity index (χ1v) is 10.4. The van der Waals surface area contributed by atoms with Crippen LogP contribution in [0.5, 0.6) is 5.75 Å². The quantitative estimate of drug-likeness (QED) is 0.305. The molecule has 0 spiro atoms. The summed E-state index contributed by atoms with van der Waals surface area (Å²) in [6, 6.07) is 18.4. The van der Waals surface area contributed by atoms with Gasteiger partial charge in [0.05, 0.1) is 5.56 Å². The van der Waals surface area contributed by atoms with Gasteiger partial charge in [-0.15, -0.1) is 0 Å². The van der Waals surface area contributed by atoms with E-state index in [1.165, 1.54) is 18.2 Å². The van der Waals surface area contributed by atoms with Gasteiger partial charge in [0.1, 0.15) is 12.4 Å². The SMILES string of the molecule is O=C(COC(=O)C=Cc1ccc(OCc2ccccc2Cl)cc1)Nc1cccc(C(F)(F)F)c1. The number of hydrogen-bond donors (Lipinski definition) is 1. The van der Waals surface area contributed by atoms with Crippen molar-refractivity contribution in [1.82, 2.24) is 0 Å². The number of benzene rings is 3. The van der Waals surface area contributed by atoms with Gasteiger partial charge in [0.15, 0.2) is 6.61 Å². The van der Waals surface area contributed by atoms with Crippen LogP contribution in [0, 0.1) is 0 Å². The minimum atomic E-state index is -4.53. The van der Waals surface area contributed by atoms with Crippen molar-refractivity contribution in [3.05, 3.63) is 101 Å². The van der Waals surface area contributed by atoms with E-state index < -0.39 is 30.2 Å². The van der Waals surface area contributed by atoms with Crippen LogP contribution in [0.25, 0.3) is 6.08 Å². The number of rotatable bonds is 8. The van der Waals surface area contributed by atoms with Crippen molar-refractivity contribution in [2.45, 2.75) is 12.8 Å². The van der Waals surface area contributed by atoms with E-state index in [0.29, 0.717) is 22.9 Å². The normalized spacial score (nSPS) is 11.3. The van der Waals surface area contributed by atoms with E-state index in [4.69, 9.17) is 21.1 Å². The zero-order valence-electron chi connectivity index (χ0n) is 17.6. The van der Waals surface area contributed by atoms with Crippen LogP contribution in [0.3, 0.4) is 0 Å². The highest BCUT2D eigenvalue weighted by Gasteiger charge is 2.30. The molecule has 0 radical (unpaired) electrons. The number of carbonyl (C=O) groups excluding carboxylic acids is 2. The average Bonchev–Trinajstić information content (AvgIpc) is 2.81. The second kappa shape index (κ2) is 11.4. The van der Waals surface area contributed by atoms with Crippen molar-refractivity contribution in [2.24, 2.45) is 0 Å². The number of nitrogens with one attached hydrogen (secondary N) is 1. The third kappa shape index (κ3) is 7.67. The topological polar surface area (TPSA) is 64.6 Å². The predicted molar refractivity (Wildman–Crippen MR) is 122 cm³/mol. The first kappa shape index (κ1) is 24.9. The lowest BCUT2D eigenvalue weighted by Gasteiger charge is -2.09. The van der Waals surface area contributed by atoms with Gasteiger partial charge in [-0.1, -0.05) is 48.0 Å². The molecule has 0 fully saturated rings. The van der Waals surface area contributed by atoms with Crippen molar-refractivity contribution < 1.29 is 32.2 Å². The molecular formula is C25H19ClF3NO4. The van der Waals surface area contributed by atoms with Gasteiger partial charge in [-0.3, -0.25) is 4.79 Å². The van der Waals surface area contributed by atoms with E-state index in [2.05, 4.69) is 5.32 Å². The van der Waals surface area contributed by atoms with Crippen LogP contribution in [0.4, 0.5) is 18.9 Å². The third-order valence-corrected chi connectivity index (χ3v) is 4.83. The Labute approximate surface area is 198 Å². The van der Waals surface area contributed by atoms with E-state index in [9.17, 15) is 22.8 Å². The first-order chi connectivity index (χ1) is 16.2. The summed E-state index contributed by atoms with van der Waals surface area (Å²) in [4.78, 5) is 23.7. The zero-order valence-corrected chi connectivity index (χ0v) is 18.4. The minimum Gasteiger partial charge on any atom is -0.489 e. The minimum absolute atomic E-state index is 0.0525. The van der Waals surface area contributed by atoms with Gasteiger partial charge < -0.3 is 14.8 Å². The molecule has 0 aliphatic rings. The Morgan fingerprint density at radius 1 is 0.971 bits per heavy atom. The molecule has 0 aromatic heterocycles. The number of alkyl halides is 3. The molecule has 3 aromatic rings. The molecular weight excluding hydrogens is 471 g/mol. The lowest BCUT2D eigenvalue weighted by Crippen LogP contribution is -2.20. The van der Waals surface area contributed by atoms with Crippen LogP contribution in [-0.2, 0) is 27.1 Å². The zero-order chi connectivity index (χ0) is 24.6. The maximum atomic E-state index is 12.7. The maximum absolute atomic E-state index is 12.7. The van der Waals surface area contributed by atoms with Gasteiger partial charge in [-0.05, 0) is 48.0 Å². The largest absolute Gasteiger partial charge is 0.489 e. The van der Waals surface area contributed by atoms with Crippen molar-refractivity contribution in [3.63, 3.8) is 0 Å². The number of anilines is 1. The van der Waals surface area contributed by atoms with Crippen LogP contribution in [0.2, 0.25) is 5.02 Å². The molecule has 9 heteroatoms. The summed E-state index contributed by atoms with van der Waals surface area (Å²) in [5.74, 6) is -0.926.